The van der Waals surface area contributed by atoms with Gasteiger partial charge in [0.25, 0.3) is 0 Å². The van der Waals surface area contributed by atoms with Crippen molar-refractivity contribution in [3.63, 3.8) is 0 Å². The molecular weight excluding hydrogens is 316 g/mol. The van der Waals surface area contributed by atoms with E-state index < -0.39 is 5.97 Å². The maximum atomic E-state index is 12.1. The number of hydrogen-bond acceptors (Lipinski definition) is 6. The lowest BCUT2D eigenvalue weighted by Gasteiger charge is -2.12. The molecule has 2 N–H and O–H groups in total. The van der Waals surface area contributed by atoms with Crippen LogP contribution in [0, 0.1) is 0 Å². The standard InChI is InChI=1S/C15H18N4O5/c1-23-12-4-3-5-13(24-2)11(12)6-14(20)16-7-10-8-19(18-17-10)9-15(21)22/h3-5,8H,6-7,9H2,1-2H3,(H,16,20)(H,21,22). The van der Waals surface area contributed by atoms with E-state index in [2.05, 4.69) is 15.6 Å². The van der Waals surface area contributed by atoms with Gasteiger partial charge >= 0.3 is 5.97 Å². The molecule has 24 heavy (non-hydrogen) atoms. The number of aliphatic carboxylic acids is 1. The van der Waals surface area contributed by atoms with Gasteiger partial charge in [-0.25, -0.2) is 4.68 Å². The Morgan fingerprint density at radius 1 is 1.25 bits per heavy atom. The van der Waals surface area contributed by atoms with E-state index in [1.165, 1.54) is 25.1 Å². The predicted octanol–water partition coefficient (Wildman–Crippen LogP) is 0.239. The van der Waals surface area contributed by atoms with Crippen LogP contribution in [0.4, 0.5) is 0 Å². The van der Waals surface area contributed by atoms with E-state index >= 15 is 0 Å². The Morgan fingerprint density at radius 2 is 1.92 bits per heavy atom. The van der Waals surface area contributed by atoms with Crippen molar-refractivity contribution in [1.82, 2.24) is 20.3 Å². The van der Waals surface area contributed by atoms with Crippen LogP contribution >= 0.6 is 0 Å². The number of hydrogen-bond donors (Lipinski definition) is 2. The summed E-state index contributed by atoms with van der Waals surface area (Å²) in [6, 6.07) is 5.28. The molecule has 0 radical (unpaired) electrons. The molecule has 9 nitrogen and oxygen atoms in total. The van der Waals surface area contributed by atoms with Crippen LogP contribution in [-0.2, 0) is 29.1 Å². The van der Waals surface area contributed by atoms with E-state index in [-0.39, 0.29) is 25.4 Å². The number of nitrogens with one attached hydrogen (secondary N) is 1. The molecule has 1 aromatic carbocycles. The van der Waals surface area contributed by atoms with E-state index in [9.17, 15) is 9.59 Å². The third-order valence-corrected chi connectivity index (χ3v) is 3.22. The molecule has 1 heterocycles. The zero-order chi connectivity index (χ0) is 17.5. The number of benzene rings is 1. The molecule has 0 aliphatic carbocycles. The molecule has 0 aliphatic rings. The molecule has 2 rings (SSSR count). The third kappa shape index (κ3) is 4.45. The zero-order valence-corrected chi connectivity index (χ0v) is 13.4. The van der Waals surface area contributed by atoms with Crippen molar-refractivity contribution in [2.45, 2.75) is 19.5 Å². The SMILES string of the molecule is COc1cccc(OC)c1CC(=O)NCc1cn(CC(=O)O)nn1. The fourth-order valence-electron chi connectivity index (χ4n) is 2.15. The smallest absolute Gasteiger partial charge is 0.325 e. The van der Waals surface area contributed by atoms with Crippen LogP contribution in [0.2, 0.25) is 0 Å². The number of ether oxygens (including phenoxy) is 2. The van der Waals surface area contributed by atoms with Crippen LogP contribution in [0.1, 0.15) is 11.3 Å². The Hall–Kier alpha value is -3.10. The maximum Gasteiger partial charge on any atom is 0.325 e. The quantitative estimate of drug-likeness (QED) is 0.710. The highest BCUT2D eigenvalue weighted by atomic mass is 16.5. The third-order valence-electron chi connectivity index (χ3n) is 3.22. The van der Waals surface area contributed by atoms with Gasteiger partial charge in [0.05, 0.1) is 33.4 Å². The first-order chi connectivity index (χ1) is 11.5. The van der Waals surface area contributed by atoms with Crippen molar-refractivity contribution in [1.29, 1.82) is 0 Å². The fourth-order valence-corrected chi connectivity index (χ4v) is 2.15. The Bertz CT molecular complexity index is 706. The maximum absolute atomic E-state index is 12.1. The molecule has 0 bridgehead atoms. The van der Waals surface area contributed by atoms with Gasteiger partial charge in [0.2, 0.25) is 5.91 Å². The van der Waals surface area contributed by atoms with Crippen LogP contribution in [0.3, 0.4) is 0 Å². The zero-order valence-electron chi connectivity index (χ0n) is 13.4. The molecule has 0 spiro atoms. The van der Waals surface area contributed by atoms with E-state index in [0.29, 0.717) is 22.8 Å². The highest BCUT2D eigenvalue weighted by Gasteiger charge is 2.14. The topological polar surface area (TPSA) is 116 Å². The fraction of sp³-hybridized carbons (Fsp3) is 0.333. The molecule has 128 valence electrons. The van der Waals surface area contributed by atoms with Crippen LogP contribution in [0.25, 0.3) is 0 Å². The van der Waals surface area contributed by atoms with Gasteiger partial charge in [0.15, 0.2) is 0 Å². The average Bonchev–Trinajstić information content (AvgIpc) is 2.99. The normalized spacial score (nSPS) is 10.2. The summed E-state index contributed by atoms with van der Waals surface area (Å²) < 4.78 is 11.7. The molecule has 1 amide bonds. The molecule has 0 unspecified atom stereocenters. The van der Waals surface area contributed by atoms with Crippen molar-refractivity contribution < 1.29 is 24.2 Å². The number of rotatable bonds is 8. The molecular formula is C15H18N4O5. The van der Waals surface area contributed by atoms with E-state index in [4.69, 9.17) is 14.6 Å². The van der Waals surface area contributed by atoms with Crippen molar-refractivity contribution in [3.8, 4) is 11.5 Å². The molecule has 0 saturated carbocycles. The summed E-state index contributed by atoms with van der Waals surface area (Å²) in [7, 11) is 3.05. The number of carboxylic acid groups (broad SMARTS) is 1. The van der Waals surface area contributed by atoms with E-state index in [1.807, 2.05) is 0 Å². The van der Waals surface area contributed by atoms with Gasteiger partial charge in [-0.2, -0.15) is 0 Å². The van der Waals surface area contributed by atoms with Gasteiger partial charge in [0.1, 0.15) is 23.7 Å². The van der Waals surface area contributed by atoms with Crippen LogP contribution in [-0.4, -0.2) is 46.2 Å². The minimum absolute atomic E-state index is 0.0798. The van der Waals surface area contributed by atoms with Gasteiger partial charge in [-0.1, -0.05) is 11.3 Å². The number of carboxylic acids is 1. The number of aromatic nitrogens is 3. The summed E-state index contributed by atoms with van der Waals surface area (Å²) in [6.07, 6.45) is 1.55. The second-order valence-electron chi connectivity index (χ2n) is 4.90. The number of nitrogens with zero attached hydrogens (tertiary/aromatic N) is 3. The largest absolute Gasteiger partial charge is 0.496 e. The lowest BCUT2D eigenvalue weighted by atomic mass is 10.1. The molecule has 0 fully saturated rings. The van der Waals surface area contributed by atoms with Gasteiger partial charge in [-0.3, -0.25) is 9.59 Å². The Morgan fingerprint density at radius 3 is 2.50 bits per heavy atom. The van der Waals surface area contributed by atoms with Crippen LogP contribution < -0.4 is 14.8 Å². The van der Waals surface area contributed by atoms with Crippen molar-refractivity contribution in [2.75, 3.05) is 14.2 Å². The highest BCUT2D eigenvalue weighted by Crippen LogP contribution is 2.28. The molecule has 0 aliphatic heterocycles. The molecule has 0 saturated heterocycles. The van der Waals surface area contributed by atoms with Crippen molar-refractivity contribution >= 4 is 11.9 Å². The number of carbonyl (C=O) groups excluding carboxylic acids is 1. The Labute approximate surface area is 138 Å². The first-order valence-corrected chi connectivity index (χ1v) is 7.11. The minimum Gasteiger partial charge on any atom is -0.496 e. The summed E-state index contributed by atoms with van der Waals surface area (Å²) >= 11 is 0. The Kier molecular flexibility index (Phi) is 5.72. The van der Waals surface area contributed by atoms with Gasteiger partial charge in [0, 0.05) is 5.56 Å². The second-order valence-corrected chi connectivity index (χ2v) is 4.90. The monoisotopic (exact) mass is 334 g/mol. The number of amides is 1. The lowest BCUT2D eigenvalue weighted by molar-refractivity contribution is -0.138. The average molecular weight is 334 g/mol. The summed E-state index contributed by atoms with van der Waals surface area (Å²) in [5.41, 5.74) is 1.12. The summed E-state index contributed by atoms with van der Waals surface area (Å²) in [5, 5.41) is 18.8. The van der Waals surface area contributed by atoms with Gasteiger partial charge in [-0.15, -0.1) is 5.10 Å². The molecule has 9 heteroatoms. The van der Waals surface area contributed by atoms with E-state index in [0.717, 1.165) is 0 Å². The Balaban J connectivity index is 1.96. The summed E-state index contributed by atoms with van der Waals surface area (Å²) in [6.45, 7) is -0.130. The van der Waals surface area contributed by atoms with Crippen molar-refractivity contribution in [3.05, 3.63) is 35.7 Å². The summed E-state index contributed by atoms with van der Waals surface area (Å²) in [5.74, 6) is -0.127. The van der Waals surface area contributed by atoms with Crippen molar-refractivity contribution in [2.24, 2.45) is 0 Å². The van der Waals surface area contributed by atoms with E-state index in [1.54, 1.807) is 18.2 Å². The molecule has 0 atom stereocenters. The highest BCUT2D eigenvalue weighted by molar-refractivity contribution is 5.80. The van der Waals surface area contributed by atoms with Gasteiger partial charge in [-0.05, 0) is 12.1 Å². The lowest BCUT2D eigenvalue weighted by Crippen LogP contribution is -2.25. The second kappa shape index (κ2) is 7.95. The minimum atomic E-state index is -1.02. The number of carbonyl (C=O) groups is 2. The predicted molar refractivity (Wildman–Crippen MR) is 82.8 cm³/mol. The molecule has 1 aromatic heterocycles. The summed E-state index contributed by atoms with van der Waals surface area (Å²) in [4.78, 5) is 22.7. The first kappa shape index (κ1) is 17.3. The van der Waals surface area contributed by atoms with Crippen LogP contribution in [0.15, 0.2) is 24.4 Å². The van der Waals surface area contributed by atoms with Crippen LogP contribution in [0.5, 0.6) is 11.5 Å². The van der Waals surface area contributed by atoms with Gasteiger partial charge < -0.3 is 19.9 Å². The first-order valence-electron chi connectivity index (χ1n) is 7.11. The number of methoxy groups -OCH3 is 2. The molecule has 2 aromatic rings.